The number of anilines is 1. The standard InChI is InChI=1S/C24H28N4O3.ClH/c1-16(2)15-21(30)24(31)28-13-11-27(12-14-28)23-17-7-3-5-9-19(17)25-22(26-23)18-8-4-6-10-20(18)29;/h3-10,16,21,29-30H,11-15H2,1-2H3;1H/t21-;/m1./s1. The number of phenols is 1. The fourth-order valence-corrected chi connectivity index (χ4v) is 3.98. The Morgan fingerprint density at radius 3 is 2.34 bits per heavy atom. The Labute approximate surface area is 194 Å². The Balaban J connectivity index is 0.00000289. The molecule has 1 saturated heterocycles. The van der Waals surface area contributed by atoms with Gasteiger partial charge in [-0.1, -0.05) is 38.1 Å². The lowest BCUT2D eigenvalue weighted by molar-refractivity contribution is -0.141. The van der Waals surface area contributed by atoms with E-state index in [0.29, 0.717) is 44.0 Å². The van der Waals surface area contributed by atoms with Gasteiger partial charge in [-0.15, -0.1) is 12.4 Å². The fraction of sp³-hybridized carbons (Fsp3) is 0.375. The highest BCUT2D eigenvalue weighted by molar-refractivity contribution is 5.91. The molecule has 1 aromatic heterocycles. The molecule has 170 valence electrons. The van der Waals surface area contributed by atoms with Gasteiger partial charge in [-0.3, -0.25) is 4.79 Å². The van der Waals surface area contributed by atoms with Crippen LogP contribution in [0.15, 0.2) is 48.5 Å². The Bertz CT molecular complexity index is 1080. The number of benzene rings is 2. The van der Waals surface area contributed by atoms with E-state index in [1.807, 2.05) is 44.2 Å². The normalized spacial score (nSPS) is 15.0. The summed E-state index contributed by atoms with van der Waals surface area (Å²) in [6.07, 6.45) is -0.474. The number of carbonyl (C=O) groups is 1. The topological polar surface area (TPSA) is 89.8 Å². The number of para-hydroxylation sites is 2. The summed E-state index contributed by atoms with van der Waals surface area (Å²) >= 11 is 0. The Morgan fingerprint density at radius 1 is 1.00 bits per heavy atom. The van der Waals surface area contributed by atoms with E-state index < -0.39 is 6.10 Å². The molecule has 1 aliphatic heterocycles. The molecule has 0 saturated carbocycles. The Hall–Kier alpha value is -2.90. The van der Waals surface area contributed by atoms with E-state index in [4.69, 9.17) is 4.98 Å². The number of carbonyl (C=O) groups excluding carboxylic acids is 1. The first-order valence-corrected chi connectivity index (χ1v) is 10.7. The Kier molecular flexibility index (Phi) is 7.53. The van der Waals surface area contributed by atoms with Crippen LogP contribution in [0.1, 0.15) is 20.3 Å². The number of halogens is 1. The summed E-state index contributed by atoms with van der Waals surface area (Å²) in [5.74, 6) is 1.46. The number of aliphatic hydroxyl groups excluding tert-OH is 1. The van der Waals surface area contributed by atoms with Gasteiger partial charge in [0.05, 0.1) is 11.1 Å². The van der Waals surface area contributed by atoms with Crippen LogP contribution in [0.25, 0.3) is 22.3 Å². The van der Waals surface area contributed by atoms with E-state index in [1.54, 1.807) is 23.1 Å². The summed E-state index contributed by atoms with van der Waals surface area (Å²) in [6, 6.07) is 14.9. The lowest BCUT2D eigenvalue weighted by atomic mass is 10.0. The lowest BCUT2D eigenvalue weighted by Crippen LogP contribution is -2.52. The zero-order chi connectivity index (χ0) is 22.0. The van der Waals surface area contributed by atoms with Crippen molar-refractivity contribution >= 4 is 35.0 Å². The number of hydrogen-bond acceptors (Lipinski definition) is 6. The molecular weight excluding hydrogens is 428 g/mol. The molecule has 0 aliphatic carbocycles. The van der Waals surface area contributed by atoms with E-state index in [2.05, 4.69) is 9.88 Å². The maximum Gasteiger partial charge on any atom is 0.251 e. The number of phenolic OH excluding ortho intramolecular Hbond substituents is 1. The average Bonchev–Trinajstić information content (AvgIpc) is 2.78. The SMILES string of the molecule is CC(C)C[C@@H](O)C(=O)N1CCN(c2nc(-c3ccccc3O)nc3ccccc23)CC1.Cl. The molecule has 1 aliphatic rings. The smallest absolute Gasteiger partial charge is 0.251 e. The number of nitrogens with zero attached hydrogens (tertiary/aromatic N) is 4. The van der Waals surface area contributed by atoms with Gasteiger partial charge in [-0.2, -0.15) is 0 Å². The third kappa shape index (κ3) is 4.95. The van der Waals surface area contributed by atoms with E-state index in [0.717, 1.165) is 16.7 Å². The van der Waals surface area contributed by atoms with Crippen LogP contribution in [-0.4, -0.2) is 63.3 Å². The van der Waals surface area contributed by atoms with Gasteiger partial charge in [0, 0.05) is 31.6 Å². The van der Waals surface area contributed by atoms with Crippen molar-refractivity contribution in [1.29, 1.82) is 0 Å². The molecule has 2 aromatic carbocycles. The highest BCUT2D eigenvalue weighted by Crippen LogP contribution is 2.31. The summed E-state index contributed by atoms with van der Waals surface area (Å²) in [7, 11) is 0. The predicted molar refractivity (Wildman–Crippen MR) is 128 cm³/mol. The second kappa shape index (κ2) is 10.1. The predicted octanol–water partition coefficient (Wildman–Crippen LogP) is 3.48. The van der Waals surface area contributed by atoms with E-state index in [9.17, 15) is 15.0 Å². The van der Waals surface area contributed by atoms with Gasteiger partial charge in [-0.25, -0.2) is 9.97 Å². The van der Waals surface area contributed by atoms with Crippen LogP contribution in [0.5, 0.6) is 5.75 Å². The van der Waals surface area contributed by atoms with Crippen molar-refractivity contribution in [2.45, 2.75) is 26.4 Å². The number of piperazine rings is 1. The van der Waals surface area contributed by atoms with Crippen molar-refractivity contribution in [3.8, 4) is 17.1 Å². The van der Waals surface area contributed by atoms with Crippen molar-refractivity contribution < 1.29 is 15.0 Å². The number of rotatable bonds is 5. The van der Waals surface area contributed by atoms with E-state index >= 15 is 0 Å². The minimum Gasteiger partial charge on any atom is -0.507 e. The molecule has 3 aromatic rings. The van der Waals surface area contributed by atoms with Gasteiger partial charge in [0.25, 0.3) is 5.91 Å². The van der Waals surface area contributed by atoms with Crippen LogP contribution in [-0.2, 0) is 4.79 Å². The third-order valence-electron chi connectivity index (χ3n) is 5.60. The van der Waals surface area contributed by atoms with Gasteiger partial charge in [-0.05, 0) is 36.6 Å². The molecule has 1 atom stereocenters. The quantitative estimate of drug-likeness (QED) is 0.611. The van der Waals surface area contributed by atoms with Gasteiger partial charge < -0.3 is 20.0 Å². The summed E-state index contributed by atoms with van der Waals surface area (Å²) < 4.78 is 0. The summed E-state index contributed by atoms with van der Waals surface area (Å²) in [5, 5.41) is 21.4. The van der Waals surface area contributed by atoms with Gasteiger partial charge in [0.1, 0.15) is 17.7 Å². The van der Waals surface area contributed by atoms with Crippen molar-refractivity contribution in [2.24, 2.45) is 5.92 Å². The van der Waals surface area contributed by atoms with Crippen LogP contribution in [0, 0.1) is 5.92 Å². The highest BCUT2D eigenvalue weighted by atomic mass is 35.5. The van der Waals surface area contributed by atoms with Crippen LogP contribution >= 0.6 is 12.4 Å². The maximum atomic E-state index is 12.6. The van der Waals surface area contributed by atoms with Crippen molar-refractivity contribution in [2.75, 3.05) is 31.1 Å². The molecule has 2 N–H and O–H groups in total. The molecule has 0 unspecified atom stereocenters. The fourth-order valence-electron chi connectivity index (χ4n) is 3.98. The van der Waals surface area contributed by atoms with Crippen LogP contribution in [0.4, 0.5) is 5.82 Å². The molecule has 0 spiro atoms. The summed E-state index contributed by atoms with van der Waals surface area (Å²) in [5.41, 5.74) is 1.39. The number of aromatic nitrogens is 2. The monoisotopic (exact) mass is 456 g/mol. The first-order chi connectivity index (χ1) is 14.9. The first-order valence-electron chi connectivity index (χ1n) is 10.7. The number of amides is 1. The van der Waals surface area contributed by atoms with Crippen molar-refractivity contribution in [3.63, 3.8) is 0 Å². The van der Waals surface area contributed by atoms with Gasteiger partial charge in [0.15, 0.2) is 5.82 Å². The maximum absolute atomic E-state index is 12.6. The number of aromatic hydroxyl groups is 1. The zero-order valence-electron chi connectivity index (χ0n) is 18.3. The second-order valence-corrected chi connectivity index (χ2v) is 8.36. The third-order valence-corrected chi connectivity index (χ3v) is 5.60. The minimum atomic E-state index is -0.945. The van der Waals surface area contributed by atoms with E-state index in [1.165, 1.54) is 0 Å². The van der Waals surface area contributed by atoms with Crippen molar-refractivity contribution in [1.82, 2.24) is 14.9 Å². The first kappa shape index (κ1) is 23.8. The molecule has 32 heavy (non-hydrogen) atoms. The molecule has 4 rings (SSSR count). The van der Waals surface area contributed by atoms with Crippen LogP contribution in [0.2, 0.25) is 0 Å². The largest absolute Gasteiger partial charge is 0.507 e. The second-order valence-electron chi connectivity index (χ2n) is 8.36. The average molecular weight is 457 g/mol. The van der Waals surface area contributed by atoms with Gasteiger partial charge in [0.2, 0.25) is 0 Å². The number of hydrogen-bond donors (Lipinski definition) is 2. The lowest BCUT2D eigenvalue weighted by Gasteiger charge is -2.37. The molecule has 0 radical (unpaired) electrons. The summed E-state index contributed by atoms with van der Waals surface area (Å²) in [4.78, 5) is 25.9. The summed E-state index contributed by atoms with van der Waals surface area (Å²) in [6.45, 7) is 6.27. The molecule has 7 nitrogen and oxygen atoms in total. The minimum absolute atomic E-state index is 0. The molecule has 2 heterocycles. The highest BCUT2D eigenvalue weighted by Gasteiger charge is 2.28. The molecule has 8 heteroatoms. The van der Waals surface area contributed by atoms with Gasteiger partial charge >= 0.3 is 0 Å². The molecule has 1 fully saturated rings. The van der Waals surface area contributed by atoms with E-state index in [-0.39, 0.29) is 30.0 Å². The Morgan fingerprint density at radius 2 is 1.66 bits per heavy atom. The van der Waals surface area contributed by atoms with Crippen molar-refractivity contribution in [3.05, 3.63) is 48.5 Å². The zero-order valence-corrected chi connectivity index (χ0v) is 19.1. The molecule has 0 bridgehead atoms. The van der Waals surface area contributed by atoms with Crippen LogP contribution < -0.4 is 4.90 Å². The number of aliphatic hydroxyl groups is 1. The van der Waals surface area contributed by atoms with Crippen LogP contribution in [0.3, 0.4) is 0 Å². The molecule has 1 amide bonds. The molecular formula is C24H29ClN4O3. The number of fused-ring (bicyclic) bond motifs is 1.